The minimum atomic E-state index is -0.137. The lowest BCUT2D eigenvalue weighted by molar-refractivity contribution is -0.116. The van der Waals surface area contributed by atoms with Gasteiger partial charge in [0.25, 0.3) is 0 Å². The van der Waals surface area contributed by atoms with Crippen LogP contribution in [0.5, 0.6) is 11.5 Å². The van der Waals surface area contributed by atoms with Gasteiger partial charge in [0.15, 0.2) is 17.3 Å². The fourth-order valence-corrected chi connectivity index (χ4v) is 3.20. The lowest BCUT2D eigenvalue weighted by Crippen LogP contribution is -2.25. The molecule has 0 atom stereocenters. The molecule has 6 nitrogen and oxygen atoms in total. The van der Waals surface area contributed by atoms with E-state index in [1.54, 1.807) is 41.3 Å². The van der Waals surface area contributed by atoms with Gasteiger partial charge in [0.2, 0.25) is 5.91 Å². The number of Topliss-reactive ketones (excluding diaryl/α,β-unsaturated/α-hetero) is 1. The largest absolute Gasteiger partial charge is 0.507 e. The van der Waals surface area contributed by atoms with Gasteiger partial charge in [-0.05, 0) is 43.3 Å². The number of anilines is 1. The smallest absolute Gasteiger partial charge is 0.224 e. The number of carbonyl (C=O) groups excluding carboxylic acids is 2. The lowest BCUT2D eigenvalue weighted by atomic mass is 9.99. The number of carbonyl (C=O) groups is 2. The Bertz CT molecular complexity index is 961. The molecule has 0 fully saturated rings. The third-order valence-corrected chi connectivity index (χ3v) is 4.66. The molecule has 0 spiro atoms. The van der Waals surface area contributed by atoms with Crippen molar-refractivity contribution >= 4 is 28.7 Å². The summed E-state index contributed by atoms with van der Waals surface area (Å²) in [6, 6.07) is 10.2. The van der Waals surface area contributed by atoms with Gasteiger partial charge in [0.1, 0.15) is 5.76 Å². The number of nitrogens with zero attached hydrogens (tertiary/aromatic N) is 1. The van der Waals surface area contributed by atoms with Crippen LogP contribution in [0.1, 0.15) is 35.3 Å². The third kappa shape index (κ3) is 3.26. The highest BCUT2D eigenvalue weighted by atomic mass is 16.5. The van der Waals surface area contributed by atoms with Crippen LogP contribution < -0.4 is 14.4 Å². The van der Waals surface area contributed by atoms with Crippen LogP contribution in [0, 0.1) is 0 Å². The second-order valence-electron chi connectivity index (χ2n) is 6.29. The molecule has 0 saturated carbocycles. The summed E-state index contributed by atoms with van der Waals surface area (Å²) >= 11 is 0. The number of aliphatic hydroxyl groups is 1. The predicted octanol–water partition coefficient (Wildman–Crippen LogP) is 3.70. The molecule has 0 aromatic heterocycles. The van der Waals surface area contributed by atoms with E-state index in [0.29, 0.717) is 39.4 Å². The number of ketones is 1. The molecule has 1 aliphatic heterocycles. The standard InChI is InChI=1S/C21H21NO5/c1-12(23)14-5-7-18-16(9-14)17(11-22(18)13(2)24)21(25)15-6-8-19(26-3)20(10-15)27-4/h5-10,25H,11H2,1-4H3/b21-17+. The molecule has 6 heteroatoms. The number of hydrogen-bond donors (Lipinski definition) is 1. The monoisotopic (exact) mass is 367 g/mol. The van der Waals surface area contributed by atoms with Gasteiger partial charge in [0, 0.05) is 29.2 Å². The molecule has 2 aromatic carbocycles. The zero-order valence-electron chi connectivity index (χ0n) is 15.7. The first kappa shape index (κ1) is 18.5. The van der Waals surface area contributed by atoms with Crippen molar-refractivity contribution in [3.63, 3.8) is 0 Å². The summed E-state index contributed by atoms with van der Waals surface area (Å²) in [6.07, 6.45) is 0. The minimum Gasteiger partial charge on any atom is -0.507 e. The number of hydrogen-bond acceptors (Lipinski definition) is 5. The Labute approximate surface area is 157 Å². The zero-order chi connectivity index (χ0) is 19.7. The number of ether oxygens (including phenoxy) is 2. The Hall–Kier alpha value is -3.28. The molecule has 27 heavy (non-hydrogen) atoms. The van der Waals surface area contributed by atoms with Gasteiger partial charge >= 0.3 is 0 Å². The number of benzene rings is 2. The highest BCUT2D eigenvalue weighted by Gasteiger charge is 2.30. The van der Waals surface area contributed by atoms with Gasteiger partial charge < -0.3 is 19.5 Å². The van der Waals surface area contributed by atoms with Crippen LogP contribution in [0.3, 0.4) is 0 Å². The van der Waals surface area contributed by atoms with Gasteiger partial charge in [0.05, 0.1) is 26.5 Å². The van der Waals surface area contributed by atoms with Crippen LogP contribution in [0.25, 0.3) is 11.3 Å². The quantitative estimate of drug-likeness (QED) is 0.659. The second kappa shape index (κ2) is 7.15. The van der Waals surface area contributed by atoms with Crippen molar-refractivity contribution in [2.45, 2.75) is 13.8 Å². The highest BCUT2D eigenvalue weighted by Crippen LogP contribution is 2.41. The van der Waals surface area contributed by atoms with Crippen LogP contribution >= 0.6 is 0 Å². The number of amides is 1. The van der Waals surface area contributed by atoms with Gasteiger partial charge in [-0.25, -0.2) is 0 Å². The lowest BCUT2D eigenvalue weighted by Gasteiger charge is -2.14. The summed E-state index contributed by atoms with van der Waals surface area (Å²) in [5.41, 5.74) is 2.99. The second-order valence-corrected chi connectivity index (χ2v) is 6.29. The van der Waals surface area contributed by atoms with E-state index in [2.05, 4.69) is 0 Å². The fraction of sp³-hybridized carbons (Fsp3) is 0.238. The van der Waals surface area contributed by atoms with Crippen molar-refractivity contribution in [3.05, 3.63) is 53.1 Å². The molecular weight excluding hydrogens is 346 g/mol. The highest BCUT2D eigenvalue weighted by molar-refractivity contribution is 6.08. The number of aliphatic hydroxyl groups excluding tert-OH is 1. The number of rotatable bonds is 4. The fourth-order valence-electron chi connectivity index (χ4n) is 3.20. The van der Waals surface area contributed by atoms with E-state index in [-0.39, 0.29) is 24.0 Å². The van der Waals surface area contributed by atoms with Gasteiger partial charge in [-0.1, -0.05) is 0 Å². The van der Waals surface area contributed by atoms with Crippen LogP contribution in [0.15, 0.2) is 36.4 Å². The van der Waals surface area contributed by atoms with E-state index < -0.39 is 0 Å². The summed E-state index contributed by atoms with van der Waals surface area (Å²) in [6.45, 7) is 3.18. The summed E-state index contributed by atoms with van der Waals surface area (Å²) in [5.74, 6) is 0.851. The maximum absolute atomic E-state index is 12.0. The molecule has 0 unspecified atom stereocenters. The molecule has 0 saturated heterocycles. The zero-order valence-corrected chi connectivity index (χ0v) is 15.7. The van der Waals surface area contributed by atoms with E-state index in [9.17, 15) is 14.7 Å². The Morgan fingerprint density at radius 2 is 1.63 bits per heavy atom. The van der Waals surface area contributed by atoms with Crippen LogP contribution in [0.2, 0.25) is 0 Å². The summed E-state index contributed by atoms with van der Waals surface area (Å²) < 4.78 is 10.5. The molecule has 140 valence electrons. The number of methoxy groups -OCH3 is 2. The molecule has 2 aromatic rings. The average Bonchev–Trinajstić information content (AvgIpc) is 3.05. The first-order valence-electron chi connectivity index (χ1n) is 8.45. The maximum atomic E-state index is 12.0. The Morgan fingerprint density at radius 1 is 0.963 bits per heavy atom. The van der Waals surface area contributed by atoms with Crippen molar-refractivity contribution in [1.29, 1.82) is 0 Å². The molecule has 3 rings (SSSR count). The Morgan fingerprint density at radius 3 is 2.22 bits per heavy atom. The Balaban J connectivity index is 2.17. The van der Waals surface area contributed by atoms with Gasteiger partial charge in [-0.3, -0.25) is 9.59 Å². The molecule has 1 N–H and O–H groups in total. The average molecular weight is 367 g/mol. The molecule has 0 radical (unpaired) electrons. The molecular formula is C21H21NO5. The first-order chi connectivity index (χ1) is 12.9. The molecule has 1 aliphatic rings. The van der Waals surface area contributed by atoms with Crippen molar-refractivity contribution in [2.24, 2.45) is 0 Å². The molecule has 0 aliphatic carbocycles. The third-order valence-electron chi connectivity index (χ3n) is 4.66. The normalized spacial score (nSPS) is 14.6. The van der Waals surface area contributed by atoms with Gasteiger partial charge in [-0.15, -0.1) is 0 Å². The first-order valence-corrected chi connectivity index (χ1v) is 8.45. The van der Waals surface area contributed by atoms with Crippen molar-refractivity contribution in [1.82, 2.24) is 0 Å². The maximum Gasteiger partial charge on any atom is 0.224 e. The topological polar surface area (TPSA) is 76.1 Å². The van der Waals surface area contributed by atoms with E-state index in [1.165, 1.54) is 28.1 Å². The van der Waals surface area contributed by atoms with Crippen LogP contribution in [0.4, 0.5) is 5.69 Å². The molecule has 1 heterocycles. The minimum absolute atomic E-state index is 0.0293. The molecule has 0 bridgehead atoms. The number of fused-ring (bicyclic) bond motifs is 1. The summed E-state index contributed by atoms with van der Waals surface area (Å²) in [4.78, 5) is 25.4. The SMILES string of the molecule is COc1ccc(/C(O)=C2/CN(C(C)=O)c3ccc(C(C)=O)cc32)cc1OC. The Kier molecular flexibility index (Phi) is 4.90. The van der Waals surface area contributed by atoms with Crippen LogP contribution in [-0.4, -0.2) is 37.6 Å². The van der Waals surface area contributed by atoms with E-state index >= 15 is 0 Å². The van der Waals surface area contributed by atoms with E-state index in [1.807, 2.05) is 0 Å². The summed E-state index contributed by atoms with van der Waals surface area (Å²) in [7, 11) is 3.06. The van der Waals surface area contributed by atoms with Crippen molar-refractivity contribution in [2.75, 3.05) is 25.7 Å². The van der Waals surface area contributed by atoms with E-state index in [0.717, 1.165) is 0 Å². The van der Waals surface area contributed by atoms with Crippen molar-refractivity contribution < 1.29 is 24.2 Å². The van der Waals surface area contributed by atoms with Gasteiger partial charge in [-0.2, -0.15) is 0 Å². The van der Waals surface area contributed by atoms with E-state index in [4.69, 9.17) is 9.47 Å². The molecule has 1 amide bonds. The predicted molar refractivity (Wildman–Crippen MR) is 103 cm³/mol. The van der Waals surface area contributed by atoms with Crippen molar-refractivity contribution in [3.8, 4) is 11.5 Å². The summed E-state index contributed by atoms with van der Waals surface area (Å²) in [5, 5.41) is 10.9. The van der Waals surface area contributed by atoms with Crippen LogP contribution in [-0.2, 0) is 4.79 Å².